The van der Waals surface area contributed by atoms with E-state index in [4.69, 9.17) is 0 Å². The second kappa shape index (κ2) is 7.14. The van der Waals surface area contributed by atoms with Crippen molar-refractivity contribution in [1.82, 2.24) is 4.90 Å². The lowest BCUT2D eigenvalue weighted by molar-refractivity contribution is -0.132. The molecule has 1 aromatic rings. The number of nitrogens with zero attached hydrogens (tertiary/aromatic N) is 2. The average molecular weight is 352 g/mol. The molecule has 5 amide bonds. The van der Waals surface area contributed by atoms with E-state index >= 15 is 0 Å². The highest BCUT2D eigenvalue weighted by Gasteiger charge is 2.36. The van der Waals surface area contributed by atoms with Crippen molar-refractivity contribution >= 4 is 40.8 Å². The van der Waals surface area contributed by atoms with Crippen molar-refractivity contribution in [3.8, 4) is 0 Å². The topological polar surface area (TPSA) is 108 Å². The molecule has 26 heavy (non-hydrogen) atoms. The summed E-state index contributed by atoms with van der Waals surface area (Å²) < 4.78 is 0. The molecule has 0 fully saturated rings. The Morgan fingerprint density at radius 3 is 2.62 bits per heavy atom. The van der Waals surface area contributed by atoms with Gasteiger partial charge in [-0.25, -0.2) is 4.79 Å². The van der Waals surface area contributed by atoms with Crippen LogP contribution in [0, 0.1) is 5.92 Å². The lowest BCUT2D eigenvalue weighted by atomic mass is 9.95. The van der Waals surface area contributed by atoms with Gasteiger partial charge in [-0.2, -0.15) is 4.99 Å². The lowest BCUT2D eigenvalue weighted by Gasteiger charge is -2.27. The zero-order valence-electron chi connectivity index (χ0n) is 13.9. The minimum absolute atomic E-state index is 0.235. The Labute approximate surface area is 149 Å². The van der Waals surface area contributed by atoms with Gasteiger partial charge in [0.1, 0.15) is 6.54 Å². The summed E-state index contributed by atoms with van der Waals surface area (Å²) in [4.78, 5) is 52.5. The quantitative estimate of drug-likeness (QED) is 0.860. The van der Waals surface area contributed by atoms with E-state index in [-0.39, 0.29) is 5.91 Å². The van der Waals surface area contributed by atoms with Crippen LogP contribution in [0.1, 0.15) is 6.92 Å². The summed E-state index contributed by atoms with van der Waals surface area (Å²) in [7, 11) is 0. The molecule has 3 rings (SSSR count). The number of carbonyl (C=O) groups excluding carboxylic acids is 4. The van der Waals surface area contributed by atoms with Gasteiger partial charge in [0.05, 0.1) is 11.6 Å². The number of aliphatic imine (C=N–C) groups is 1. The number of imide groups is 1. The fourth-order valence-corrected chi connectivity index (χ4v) is 2.65. The largest absolute Gasteiger partial charge is 0.351 e. The SMILES string of the molecule is CC(=O)Nc1cccc(NC(=O)CN2C(=O)N=C3C=CC=CC3C2=O)c1. The Hall–Kier alpha value is -3.55. The van der Waals surface area contributed by atoms with Crippen molar-refractivity contribution in [1.29, 1.82) is 0 Å². The van der Waals surface area contributed by atoms with Crippen molar-refractivity contribution in [3.05, 3.63) is 48.6 Å². The van der Waals surface area contributed by atoms with E-state index in [1.807, 2.05) is 0 Å². The number of amides is 5. The summed E-state index contributed by atoms with van der Waals surface area (Å²) in [5, 5.41) is 5.20. The maximum absolute atomic E-state index is 12.4. The van der Waals surface area contributed by atoms with Crippen LogP contribution in [0.2, 0.25) is 0 Å². The van der Waals surface area contributed by atoms with Crippen LogP contribution >= 0.6 is 0 Å². The highest BCUT2D eigenvalue weighted by atomic mass is 16.2. The van der Waals surface area contributed by atoms with E-state index in [0.717, 1.165) is 4.90 Å². The molecule has 1 aliphatic heterocycles. The van der Waals surface area contributed by atoms with Crippen LogP contribution in [-0.4, -0.2) is 40.9 Å². The Kier molecular flexibility index (Phi) is 4.74. The molecule has 1 atom stereocenters. The summed E-state index contributed by atoms with van der Waals surface area (Å²) >= 11 is 0. The van der Waals surface area contributed by atoms with Crippen LogP contribution < -0.4 is 10.6 Å². The van der Waals surface area contributed by atoms with E-state index < -0.39 is 30.3 Å². The Morgan fingerprint density at radius 1 is 1.15 bits per heavy atom. The molecule has 0 saturated carbocycles. The summed E-state index contributed by atoms with van der Waals surface area (Å²) in [6.07, 6.45) is 6.63. The Balaban J connectivity index is 1.68. The zero-order valence-corrected chi connectivity index (χ0v) is 13.9. The first-order valence-corrected chi connectivity index (χ1v) is 7.90. The zero-order chi connectivity index (χ0) is 18.7. The molecular formula is C18H16N4O4. The van der Waals surface area contributed by atoms with E-state index in [2.05, 4.69) is 15.6 Å². The highest BCUT2D eigenvalue weighted by Crippen LogP contribution is 2.20. The number of fused-ring (bicyclic) bond motifs is 1. The molecule has 0 spiro atoms. The van der Waals surface area contributed by atoms with Crippen LogP contribution in [0.15, 0.2) is 53.6 Å². The van der Waals surface area contributed by atoms with Gasteiger partial charge in [0, 0.05) is 18.3 Å². The first kappa shape index (κ1) is 17.3. The van der Waals surface area contributed by atoms with Gasteiger partial charge in [-0.15, -0.1) is 0 Å². The van der Waals surface area contributed by atoms with E-state index in [1.165, 1.54) is 6.92 Å². The maximum Gasteiger partial charge on any atom is 0.351 e. The van der Waals surface area contributed by atoms with E-state index in [9.17, 15) is 19.2 Å². The third kappa shape index (κ3) is 3.75. The number of benzene rings is 1. The third-order valence-electron chi connectivity index (χ3n) is 3.76. The molecule has 1 aromatic carbocycles. The molecule has 0 saturated heterocycles. The van der Waals surface area contributed by atoms with Gasteiger partial charge in [0.15, 0.2) is 0 Å². The van der Waals surface area contributed by atoms with Gasteiger partial charge in [-0.05, 0) is 24.3 Å². The minimum atomic E-state index is -0.761. The Morgan fingerprint density at radius 2 is 1.88 bits per heavy atom. The van der Waals surface area contributed by atoms with Crippen LogP contribution in [0.4, 0.5) is 16.2 Å². The van der Waals surface area contributed by atoms with Crippen molar-refractivity contribution in [2.45, 2.75) is 6.92 Å². The van der Waals surface area contributed by atoms with E-state index in [1.54, 1.807) is 48.6 Å². The van der Waals surface area contributed by atoms with Crippen LogP contribution in [0.25, 0.3) is 0 Å². The molecule has 2 N–H and O–H groups in total. The van der Waals surface area contributed by atoms with Crippen LogP contribution in [0.5, 0.6) is 0 Å². The first-order valence-electron chi connectivity index (χ1n) is 7.90. The van der Waals surface area contributed by atoms with Crippen molar-refractivity contribution < 1.29 is 19.2 Å². The van der Waals surface area contributed by atoms with Crippen molar-refractivity contribution in [3.63, 3.8) is 0 Å². The molecule has 2 aliphatic rings. The van der Waals surface area contributed by atoms with Crippen LogP contribution in [-0.2, 0) is 14.4 Å². The first-order chi connectivity index (χ1) is 12.4. The van der Waals surface area contributed by atoms with Gasteiger partial charge in [-0.1, -0.05) is 24.3 Å². The maximum atomic E-state index is 12.4. The molecular weight excluding hydrogens is 336 g/mol. The summed E-state index contributed by atoms with van der Waals surface area (Å²) in [6.45, 7) is 0.940. The summed E-state index contributed by atoms with van der Waals surface area (Å²) in [5.41, 5.74) is 1.33. The number of rotatable bonds is 4. The Bertz CT molecular complexity index is 885. The minimum Gasteiger partial charge on any atom is -0.326 e. The molecule has 8 heteroatoms. The number of hydrogen-bond acceptors (Lipinski definition) is 4. The fourth-order valence-electron chi connectivity index (χ4n) is 2.65. The second-order valence-electron chi connectivity index (χ2n) is 5.78. The number of nitrogens with one attached hydrogen (secondary N) is 2. The molecule has 0 aromatic heterocycles. The number of anilines is 2. The fraction of sp³-hybridized carbons (Fsp3) is 0.167. The predicted octanol–water partition coefficient (Wildman–Crippen LogP) is 1.73. The molecule has 1 unspecified atom stereocenters. The second-order valence-corrected chi connectivity index (χ2v) is 5.78. The van der Waals surface area contributed by atoms with Crippen molar-refractivity contribution in [2.24, 2.45) is 10.9 Å². The third-order valence-corrected chi connectivity index (χ3v) is 3.76. The van der Waals surface area contributed by atoms with Crippen LogP contribution in [0.3, 0.4) is 0 Å². The monoisotopic (exact) mass is 352 g/mol. The molecule has 0 radical (unpaired) electrons. The lowest BCUT2D eigenvalue weighted by Crippen LogP contribution is -2.48. The normalized spacial score (nSPS) is 18.3. The highest BCUT2D eigenvalue weighted by molar-refractivity contribution is 6.22. The molecule has 8 nitrogen and oxygen atoms in total. The smallest absolute Gasteiger partial charge is 0.326 e. The molecule has 1 aliphatic carbocycles. The average Bonchev–Trinajstić information content (AvgIpc) is 2.58. The standard InChI is InChI=1S/C18H16N4O4/c1-11(23)19-12-5-4-6-13(9-12)20-16(24)10-22-17(25)14-7-2-3-8-15(14)21-18(22)26/h2-9,14H,10H2,1H3,(H,19,23)(H,20,24). The molecule has 1 heterocycles. The van der Waals surface area contributed by atoms with Crippen molar-refractivity contribution in [2.75, 3.05) is 17.2 Å². The van der Waals surface area contributed by atoms with E-state index in [0.29, 0.717) is 17.1 Å². The summed E-state index contributed by atoms with van der Waals surface area (Å²) in [6, 6.07) is 5.78. The number of allylic oxidation sites excluding steroid dienone is 3. The van der Waals surface area contributed by atoms with Gasteiger partial charge < -0.3 is 10.6 Å². The summed E-state index contributed by atoms with van der Waals surface area (Å²) in [5.74, 6) is -1.90. The molecule has 0 bridgehead atoms. The molecule has 132 valence electrons. The predicted molar refractivity (Wildman–Crippen MR) is 95.7 cm³/mol. The van der Waals surface area contributed by atoms with Gasteiger partial charge in [-0.3, -0.25) is 19.3 Å². The number of carbonyl (C=O) groups is 4. The van der Waals surface area contributed by atoms with Gasteiger partial charge in [0.25, 0.3) is 0 Å². The number of urea groups is 1. The van der Waals surface area contributed by atoms with Gasteiger partial charge in [0.2, 0.25) is 17.7 Å². The number of hydrogen-bond donors (Lipinski definition) is 2. The van der Waals surface area contributed by atoms with Gasteiger partial charge >= 0.3 is 6.03 Å².